The molecule has 2 aliphatic rings. The van der Waals surface area contributed by atoms with Crippen molar-refractivity contribution in [1.82, 2.24) is 4.98 Å². The second-order valence-electron chi connectivity index (χ2n) is 6.33. The Hall–Kier alpha value is -0.585. The maximum absolute atomic E-state index is 6.06. The molecule has 0 unspecified atom stereocenters. The fraction of sp³-hybridized carbons (Fsp3) is 0.769. The summed E-state index contributed by atoms with van der Waals surface area (Å²) >= 11 is 1.54. The summed E-state index contributed by atoms with van der Waals surface area (Å²) in [6.45, 7) is 10.2. The molecule has 6 heteroatoms. The average Bonchev–Trinajstić information content (AvgIpc) is 2.94. The van der Waals surface area contributed by atoms with Gasteiger partial charge in [0.25, 0.3) is 5.19 Å². The molecule has 1 saturated heterocycles. The van der Waals surface area contributed by atoms with E-state index < -0.39 is 0 Å². The topological polar surface area (TPSA) is 40.6 Å². The third-order valence-corrected chi connectivity index (χ3v) is 5.14. The summed E-state index contributed by atoms with van der Waals surface area (Å²) in [5.74, 6) is 0. The van der Waals surface area contributed by atoms with E-state index in [1.807, 2.05) is 6.92 Å². The molecule has 1 saturated carbocycles. The summed E-state index contributed by atoms with van der Waals surface area (Å²) in [6, 6.07) is 0. The van der Waals surface area contributed by atoms with E-state index in [1.165, 1.54) is 0 Å². The summed E-state index contributed by atoms with van der Waals surface area (Å²) in [5, 5.41) is 0.740. The Morgan fingerprint density at radius 2 is 1.79 bits per heavy atom. The van der Waals surface area contributed by atoms with Gasteiger partial charge in [-0.3, -0.25) is 0 Å². The Labute approximate surface area is 118 Å². The molecule has 1 aromatic heterocycles. The first-order valence-corrected chi connectivity index (χ1v) is 7.60. The van der Waals surface area contributed by atoms with Crippen LogP contribution in [0.5, 0.6) is 5.19 Å². The van der Waals surface area contributed by atoms with Crippen molar-refractivity contribution in [2.24, 2.45) is 0 Å². The molecule has 2 fully saturated rings. The van der Waals surface area contributed by atoms with Gasteiger partial charge in [-0.2, -0.15) is 0 Å². The molecule has 0 spiro atoms. The van der Waals surface area contributed by atoms with Gasteiger partial charge in [0.15, 0.2) is 0 Å². The lowest BCUT2D eigenvalue weighted by molar-refractivity contribution is 0.00578. The Morgan fingerprint density at radius 1 is 1.21 bits per heavy atom. The zero-order valence-electron chi connectivity index (χ0n) is 12.1. The molecule has 0 N–H and O–H groups in total. The summed E-state index contributed by atoms with van der Waals surface area (Å²) in [4.78, 5) is 4.47. The highest BCUT2D eigenvalue weighted by molar-refractivity contribution is 7.23. The normalized spacial score (nSPS) is 24.8. The van der Waals surface area contributed by atoms with E-state index in [1.54, 1.807) is 11.3 Å². The van der Waals surface area contributed by atoms with E-state index >= 15 is 0 Å². The van der Waals surface area contributed by atoms with Gasteiger partial charge in [0.1, 0.15) is 6.10 Å². The molecule has 4 nitrogen and oxygen atoms in total. The molecule has 1 aliphatic carbocycles. The third-order valence-electron chi connectivity index (χ3n) is 4.07. The molecule has 19 heavy (non-hydrogen) atoms. The first-order chi connectivity index (χ1) is 8.78. The minimum atomic E-state index is -0.334. The number of ether oxygens (including phenoxy) is 1. The van der Waals surface area contributed by atoms with Gasteiger partial charge in [0.05, 0.1) is 21.7 Å². The van der Waals surface area contributed by atoms with Gasteiger partial charge >= 0.3 is 7.12 Å². The number of nitrogens with zero attached hydrogens (tertiary/aromatic N) is 1. The molecule has 0 amide bonds. The van der Waals surface area contributed by atoms with Crippen LogP contribution in [0.1, 0.15) is 46.2 Å². The van der Waals surface area contributed by atoms with E-state index in [9.17, 15) is 0 Å². The number of hydrogen-bond donors (Lipinski definition) is 0. The zero-order valence-corrected chi connectivity index (χ0v) is 13.0. The smallest absolute Gasteiger partial charge is 0.467 e. The minimum absolute atomic E-state index is 0.314. The van der Waals surface area contributed by atoms with Crippen LogP contribution in [-0.2, 0) is 9.31 Å². The van der Waals surface area contributed by atoms with Crippen LogP contribution in [0.4, 0.5) is 0 Å². The molecule has 0 atom stereocenters. The second kappa shape index (κ2) is 4.20. The Balaban J connectivity index is 1.81. The Morgan fingerprint density at radius 3 is 2.32 bits per heavy atom. The molecule has 104 valence electrons. The maximum atomic E-state index is 6.06. The highest BCUT2D eigenvalue weighted by Crippen LogP contribution is 2.38. The standard InChI is InChI=1S/C13H20BNO3S/c1-8-10(19-11(15-8)16-9-6-7-9)14-17-12(2,3)13(4,5)18-14/h9H,6-7H2,1-5H3. The van der Waals surface area contributed by atoms with Crippen LogP contribution in [0.25, 0.3) is 0 Å². The van der Waals surface area contributed by atoms with Crippen LogP contribution in [-0.4, -0.2) is 29.4 Å². The van der Waals surface area contributed by atoms with Gasteiger partial charge in [0, 0.05) is 0 Å². The number of rotatable bonds is 3. The largest absolute Gasteiger partial charge is 0.507 e. The number of hydrogen-bond acceptors (Lipinski definition) is 5. The van der Waals surface area contributed by atoms with E-state index in [0.717, 1.165) is 28.5 Å². The van der Waals surface area contributed by atoms with E-state index in [-0.39, 0.29) is 18.3 Å². The van der Waals surface area contributed by atoms with Crippen molar-refractivity contribution in [3.05, 3.63) is 5.69 Å². The minimum Gasteiger partial charge on any atom is -0.467 e. The predicted octanol–water partition coefficient (Wildman–Crippen LogP) is 2.29. The lowest BCUT2D eigenvalue weighted by Crippen LogP contribution is -2.41. The van der Waals surface area contributed by atoms with Gasteiger partial charge in [-0.05, 0) is 47.5 Å². The fourth-order valence-corrected chi connectivity index (χ4v) is 2.87. The number of aromatic nitrogens is 1. The second-order valence-corrected chi connectivity index (χ2v) is 7.33. The first kappa shape index (κ1) is 13.4. The monoisotopic (exact) mass is 281 g/mol. The third kappa shape index (κ3) is 2.41. The molecule has 0 radical (unpaired) electrons. The fourth-order valence-electron chi connectivity index (χ4n) is 1.93. The summed E-state index contributed by atoms with van der Waals surface area (Å²) in [6.07, 6.45) is 2.66. The zero-order chi connectivity index (χ0) is 13.8. The van der Waals surface area contributed by atoms with Crippen LogP contribution >= 0.6 is 11.3 Å². The molecular weight excluding hydrogens is 261 g/mol. The van der Waals surface area contributed by atoms with Crippen LogP contribution < -0.4 is 9.51 Å². The predicted molar refractivity (Wildman–Crippen MR) is 76.2 cm³/mol. The SMILES string of the molecule is Cc1nc(OC2CC2)sc1B1OC(C)(C)C(C)(C)O1. The molecule has 2 heterocycles. The highest BCUT2D eigenvalue weighted by Gasteiger charge is 2.53. The highest BCUT2D eigenvalue weighted by atomic mass is 32.1. The van der Waals surface area contributed by atoms with E-state index in [0.29, 0.717) is 6.10 Å². The summed E-state index contributed by atoms with van der Waals surface area (Å²) in [5.41, 5.74) is 0.316. The molecule has 1 aliphatic heterocycles. The molecular formula is C13H20BNO3S. The van der Waals surface area contributed by atoms with Crippen LogP contribution in [0.2, 0.25) is 0 Å². The van der Waals surface area contributed by atoms with Gasteiger partial charge < -0.3 is 14.0 Å². The van der Waals surface area contributed by atoms with Crippen LogP contribution in [0, 0.1) is 6.92 Å². The van der Waals surface area contributed by atoms with Crippen molar-refractivity contribution in [3.63, 3.8) is 0 Å². The van der Waals surface area contributed by atoms with Crippen molar-refractivity contribution in [1.29, 1.82) is 0 Å². The van der Waals surface area contributed by atoms with Gasteiger partial charge in [-0.15, -0.1) is 0 Å². The van der Waals surface area contributed by atoms with Crippen molar-refractivity contribution >= 4 is 23.2 Å². The molecule has 1 aromatic rings. The van der Waals surface area contributed by atoms with Gasteiger partial charge in [0.2, 0.25) is 0 Å². The lowest BCUT2D eigenvalue weighted by Gasteiger charge is -2.32. The average molecular weight is 281 g/mol. The first-order valence-electron chi connectivity index (χ1n) is 6.78. The van der Waals surface area contributed by atoms with Crippen molar-refractivity contribution in [2.75, 3.05) is 0 Å². The number of thiazole rings is 1. The maximum Gasteiger partial charge on any atom is 0.507 e. The van der Waals surface area contributed by atoms with E-state index in [4.69, 9.17) is 14.0 Å². The quantitative estimate of drug-likeness (QED) is 0.797. The molecule has 3 rings (SSSR count). The van der Waals surface area contributed by atoms with Gasteiger partial charge in [-0.1, -0.05) is 11.3 Å². The van der Waals surface area contributed by atoms with Gasteiger partial charge in [-0.25, -0.2) is 4.98 Å². The number of aryl methyl sites for hydroxylation is 1. The van der Waals surface area contributed by atoms with Crippen molar-refractivity contribution < 1.29 is 14.0 Å². The van der Waals surface area contributed by atoms with Crippen molar-refractivity contribution in [2.45, 2.75) is 64.8 Å². The lowest BCUT2D eigenvalue weighted by atomic mass is 9.86. The summed E-state index contributed by atoms with van der Waals surface area (Å²) < 4.78 is 18.9. The van der Waals surface area contributed by atoms with Crippen LogP contribution in [0.15, 0.2) is 0 Å². The Kier molecular flexibility index (Phi) is 2.96. The van der Waals surface area contributed by atoms with E-state index in [2.05, 4.69) is 32.7 Å². The Bertz CT molecular complexity index is 480. The van der Waals surface area contributed by atoms with Crippen LogP contribution in [0.3, 0.4) is 0 Å². The molecule has 0 bridgehead atoms. The van der Waals surface area contributed by atoms with Crippen molar-refractivity contribution in [3.8, 4) is 5.19 Å². The summed E-state index contributed by atoms with van der Waals surface area (Å²) in [7, 11) is -0.334. The molecule has 0 aromatic carbocycles.